The van der Waals surface area contributed by atoms with Gasteiger partial charge in [-0.05, 0) is 45.9 Å². The number of carbonyl (C=O) groups is 1. The first-order chi connectivity index (χ1) is 21.3. The van der Waals surface area contributed by atoms with Gasteiger partial charge in [0.15, 0.2) is 11.9 Å². The van der Waals surface area contributed by atoms with E-state index in [4.69, 9.17) is 18.5 Å². The number of halogens is 1. The average molecular weight is 644 g/mol. The van der Waals surface area contributed by atoms with Gasteiger partial charge in [0.2, 0.25) is 0 Å². The number of rotatable bonds is 13. The van der Waals surface area contributed by atoms with Crippen molar-refractivity contribution in [1.82, 2.24) is 24.6 Å². The molecule has 0 aliphatic carbocycles. The number of H-pyrrole nitrogens is 1. The number of nitrogens with one attached hydrogen (secondary N) is 2. The van der Waals surface area contributed by atoms with E-state index < -0.39 is 61.7 Å². The molecule has 5 atom stereocenters. The highest BCUT2D eigenvalue weighted by Gasteiger charge is 2.48. The summed E-state index contributed by atoms with van der Waals surface area (Å²) < 4.78 is 53.9. The van der Waals surface area contributed by atoms with Crippen LogP contribution < -0.4 is 16.3 Å². The standard InChI is InChI=1S/C30H35FN5O8P/c1-6-7-8-12-24(22-10-9-11-23-26(22)33-15-14-32-23)44-45(40,35-20(4)27(38)42-19(2)3)41-18-21-17-30(5,31)28(43-21)36-16-13-25(37)34-29(36)39/h6-16,19-21,28H,1,17-18H2,2-5H3,(H,35,40)(H,34,37,39)/b8-7-,24-12-/t20-,21-,28+,30+,45?/m0/s1. The topological polar surface area (TPSA) is 164 Å². The molecule has 45 heavy (non-hydrogen) atoms. The third kappa shape index (κ3) is 8.49. The van der Waals surface area contributed by atoms with Crippen LogP contribution in [0.3, 0.4) is 0 Å². The number of carbonyl (C=O) groups excluding carboxylic acids is 1. The summed E-state index contributed by atoms with van der Waals surface area (Å²) in [6.07, 6.45) is 7.32. The second-order valence-electron chi connectivity index (χ2n) is 10.7. The number of fused-ring (bicyclic) bond motifs is 1. The fraction of sp³-hybridized carbons (Fsp3) is 0.367. The molecular weight excluding hydrogens is 608 g/mol. The number of nitrogens with zero attached hydrogens (tertiary/aromatic N) is 3. The molecule has 0 radical (unpaired) electrons. The van der Waals surface area contributed by atoms with Gasteiger partial charge in [-0.15, -0.1) is 0 Å². The number of para-hydroxylation sites is 1. The van der Waals surface area contributed by atoms with Crippen molar-refractivity contribution in [1.29, 1.82) is 0 Å². The summed E-state index contributed by atoms with van der Waals surface area (Å²) in [5.74, 6) is -0.656. The summed E-state index contributed by atoms with van der Waals surface area (Å²) in [4.78, 5) is 47.3. The van der Waals surface area contributed by atoms with Crippen LogP contribution in [0.4, 0.5) is 4.39 Å². The minimum absolute atomic E-state index is 0.0554. The molecule has 1 unspecified atom stereocenters. The Morgan fingerprint density at radius 1 is 1.27 bits per heavy atom. The molecule has 0 saturated carbocycles. The number of hydrogen-bond acceptors (Lipinski definition) is 10. The predicted octanol–water partition coefficient (Wildman–Crippen LogP) is 4.35. The van der Waals surface area contributed by atoms with Gasteiger partial charge in [-0.1, -0.05) is 30.9 Å². The molecule has 2 aromatic heterocycles. The maximum absolute atomic E-state index is 15.7. The summed E-state index contributed by atoms with van der Waals surface area (Å²) in [7, 11) is -4.47. The first kappa shape index (κ1) is 33.7. The molecule has 240 valence electrons. The van der Waals surface area contributed by atoms with E-state index in [9.17, 15) is 18.9 Å². The molecular formula is C30H35FN5O8P. The highest BCUT2D eigenvalue weighted by Crippen LogP contribution is 2.50. The van der Waals surface area contributed by atoms with Crippen molar-refractivity contribution >= 4 is 30.5 Å². The second-order valence-corrected chi connectivity index (χ2v) is 12.4. The fourth-order valence-electron chi connectivity index (χ4n) is 4.59. The molecule has 13 nitrogen and oxygen atoms in total. The van der Waals surface area contributed by atoms with Crippen molar-refractivity contribution in [2.24, 2.45) is 0 Å². The normalized spacial score (nSPS) is 22.4. The molecule has 0 amide bonds. The van der Waals surface area contributed by atoms with Crippen LogP contribution in [0, 0.1) is 0 Å². The first-order valence-electron chi connectivity index (χ1n) is 14.1. The Labute approximate surface area is 258 Å². The van der Waals surface area contributed by atoms with E-state index in [1.807, 2.05) is 0 Å². The van der Waals surface area contributed by atoms with Crippen LogP contribution in [0.5, 0.6) is 0 Å². The van der Waals surface area contributed by atoms with Gasteiger partial charge in [-0.3, -0.25) is 33.6 Å². The molecule has 0 spiro atoms. The monoisotopic (exact) mass is 643 g/mol. The number of aromatic nitrogens is 4. The number of alkyl halides is 1. The van der Waals surface area contributed by atoms with Gasteiger partial charge in [-0.2, -0.15) is 5.09 Å². The third-order valence-electron chi connectivity index (χ3n) is 6.53. The van der Waals surface area contributed by atoms with Gasteiger partial charge in [0.05, 0.1) is 29.8 Å². The zero-order chi connectivity index (χ0) is 32.8. The van der Waals surface area contributed by atoms with Crippen LogP contribution in [0.25, 0.3) is 16.8 Å². The van der Waals surface area contributed by atoms with Crippen LogP contribution in [0.1, 0.15) is 45.9 Å². The highest BCUT2D eigenvalue weighted by atomic mass is 31.2. The zero-order valence-electron chi connectivity index (χ0n) is 25.2. The average Bonchev–Trinajstić information content (AvgIpc) is 3.28. The largest absolute Gasteiger partial charge is 0.462 e. The maximum atomic E-state index is 15.7. The molecule has 2 N–H and O–H groups in total. The molecule has 4 rings (SSSR count). The van der Waals surface area contributed by atoms with Crippen LogP contribution in [-0.2, 0) is 27.9 Å². The quantitative estimate of drug-likeness (QED) is 0.118. The zero-order valence-corrected chi connectivity index (χ0v) is 26.1. The Balaban J connectivity index is 1.66. The Kier molecular flexibility index (Phi) is 10.7. The van der Waals surface area contributed by atoms with Crippen LogP contribution in [0.2, 0.25) is 0 Å². The molecule has 1 saturated heterocycles. The summed E-state index contributed by atoms with van der Waals surface area (Å²) in [5, 5.41) is 2.61. The Bertz CT molecular complexity index is 1760. The van der Waals surface area contributed by atoms with Gasteiger partial charge in [0.25, 0.3) is 5.56 Å². The summed E-state index contributed by atoms with van der Waals surface area (Å²) in [5.41, 5.74) is -2.16. The third-order valence-corrected chi connectivity index (χ3v) is 8.16. The van der Waals surface area contributed by atoms with Gasteiger partial charge in [0.1, 0.15) is 11.8 Å². The number of aromatic amines is 1. The Hall–Kier alpha value is -4.23. The van der Waals surface area contributed by atoms with Gasteiger partial charge in [0, 0.05) is 36.6 Å². The Morgan fingerprint density at radius 3 is 2.73 bits per heavy atom. The molecule has 3 heterocycles. The number of esters is 1. The van der Waals surface area contributed by atoms with Crippen molar-refractivity contribution < 1.29 is 32.3 Å². The van der Waals surface area contributed by atoms with E-state index in [0.717, 1.165) is 16.8 Å². The molecule has 1 aliphatic heterocycles. The highest BCUT2D eigenvalue weighted by molar-refractivity contribution is 7.52. The summed E-state index contributed by atoms with van der Waals surface area (Å²) in [6.45, 7) is 9.19. The lowest BCUT2D eigenvalue weighted by atomic mass is 10.0. The van der Waals surface area contributed by atoms with E-state index in [2.05, 4.69) is 26.6 Å². The molecule has 1 aromatic carbocycles. The number of ether oxygens (including phenoxy) is 2. The van der Waals surface area contributed by atoms with Crippen molar-refractivity contribution in [3.05, 3.63) is 100 Å². The smallest absolute Gasteiger partial charge is 0.459 e. The summed E-state index contributed by atoms with van der Waals surface area (Å²) >= 11 is 0. The molecule has 0 bridgehead atoms. The molecule has 1 aliphatic rings. The Morgan fingerprint density at radius 2 is 2.02 bits per heavy atom. The molecule has 15 heteroatoms. The van der Waals surface area contributed by atoms with Crippen molar-refractivity contribution in [3.63, 3.8) is 0 Å². The van der Waals surface area contributed by atoms with Crippen LogP contribution in [0.15, 0.2) is 83.3 Å². The second kappa shape index (κ2) is 14.2. The van der Waals surface area contributed by atoms with Crippen molar-refractivity contribution in [2.75, 3.05) is 6.61 Å². The first-order valence-corrected chi connectivity index (χ1v) is 15.6. The minimum Gasteiger partial charge on any atom is -0.462 e. The maximum Gasteiger partial charge on any atom is 0.459 e. The minimum atomic E-state index is -4.47. The predicted molar refractivity (Wildman–Crippen MR) is 165 cm³/mol. The van der Waals surface area contributed by atoms with E-state index in [1.165, 1.54) is 38.4 Å². The van der Waals surface area contributed by atoms with Gasteiger partial charge >= 0.3 is 19.4 Å². The van der Waals surface area contributed by atoms with E-state index in [1.54, 1.807) is 44.2 Å². The van der Waals surface area contributed by atoms with Gasteiger partial charge < -0.3 is 14.0 Å². The number of benzene rings is 1. The van der Waals surface area contributed by atoms with Crippen LogP contribution in [-0.4, -0.2) is 56.0 Å². The van der Waals surface area contributed by atoms with Crippen LogP contribution >= 0.6 is 7.75 Å². The fourth-order valence-corrected chi connectivity index (χ4v) is 6.13. The molecule has 1 fully saturated rings. The number of hydrogen-bond donors (Lipinski definition) is 2. The lowest BCUT2D eigenvalue weighted by Crippen LogP contribution is -2.38. The van der Waals surface area contributed by atoms with E-state index in [-0.39, 0.29) is 12.2 Å². The number of allylic oxidation sites excluding steroid dienone is 4. The van der Waals surface area contributed by atoms with Gasteiger partial charge in [-0.25, -0.2) is 13.8 Å². The van der Waals surface area contributed by atoms with E-state index in [0.29, 0.717) is 16.6 Å². The lowest BCUT2D eigenvalue weighted by molar-refractivity contribution is -0.149. The molecule has 3 aromatic rings. The van der Waals surface area contributed by atoms with Crippen molar-refractivity contribution in [2.45, 2.75) is 64.3 Å². The summed E-state index contributed by atoms with van der Waals surface area (Å²) in [6, 6.07) is 5.07. The van der Waals surface area contributed by atoms with Crippen molar-refractivity contribution in [3.8, 4) is 0 Å². The SMILES string of the molecule is C=C/C=C\C=C(/OP(=O)(N[C@@H](C)C(=O)OC(C)C)OC[C@@H]1C[C@@](C)(F)[C@H](n2ccc(=O)[nH]c2=O)O1)c1cccc2nccnc12. The van der Waals surface area contributed by atoms with E-state index >= 15 is 4.39 Å². The lowest BCUT2D eigenvalue weighted by Gasteiger charge is -2.25.